The largest absolute Gasteiger partial charge is 0.315 e. The molecule has 0 unspecified atom stereocenters. The SMILES string of the molecule is Cc1cc(Br)cn(CCNCC2CCCC2)c1=O. The van der Waals surface area contributed by atoms with Crippen molar-refractivity contribution in [3.8, 4) is 0 Å². The molecule has 1 N–H and O–H groups in total. The molecule has 0 aromatic carbocycles. The van der Waals surface area contributed by atoms with E-state index in [0.717, 1.165) is 35.6 Å². The van der Waals surface area contributed by atoms with Gasteiger partial charge in [0, 0.05) is 29.3 Å². The maximum absolute atomic E-state index is 11.9. The number of nitrogens with zero attached hydrogens (tertiary/aromatic N) is 1. The van der Waals surface area contributed by atoms with Crippen LogP contribution in [0, 0.1) is 12.8 Å². The summed E-state index contributed by atoms with van der Waals surface area (Å²) in [5, 5.41) is 3.47. The molecule has 1 aliphatic rings. The zero-order valence-corrected chi connectivity index (χ0v) is 12.5. The lowest BCUT2D eigenvalue weighted by atomic mass is 10.1. The van der Waals surface area contributed by atoms with Gasteiger partial charge < -0.3 is 9.88 Å². The monoisotopic (exact) mass is 312 g/mol. The third kappa shape index (κ3) is 3.69. The van der Waals surface area contributed by atoms with E-state index in [1.807, 2.05) is 19.2 Å². The Kier molecular flexibility index (Phi) is 5.01. The Labute approximate surface area is 117 Å². The van der Waals surface area contributed by atoms with Crippen LogP contribution >= 0.6 is 15.9 Å². The molecule has 18 heavy (non-hydrogen) atoms. The van der Waals surface area contributed by atoms with Gasteiger partial charge in [-0.2, -0.15) is 0 Å². The molecule has 1 aromatic heterocycles. The van der Waals surface area contributed by atoms with E-state index in [1.165, 1.54) is 25.7 Å². The van der Waals surface area contributed by atoms with Crippen LogP contribution in [0.5, 0.6) is 0 Å². The summed E-state index contributed by atoms with van der Waals surface area (Å²) in [5.74, 6) is 0.853. The van der Waals surface area contributed by atoms with Crippen molar-refractivity contribution in [3.05, 3.63) is 32.7 Å². The summed E-state index contributed by atoms with van der Waals surface area (Å²) < 4.78 is 2.75. The molecule has 3 nitrogen and oxygen atoms in total. The summed E-state index contributed by atoms with van der Waals surface area (Å²) in [6.45, 7) is 4.56. The first-order valence-corrected chi connectivity index (χ1v) is 7.53. The summed E-state index contributed by atoms with van der Waals surface area (Å²) in [4.78, 5) is 11.9. The van der Waals surface area contributed by atoms with E-state index >= 15 is 0 Å². The minimum atomic E-state index is 0.112. The van der Waals surface area contributed by atoms with Gasteiger partial charge >= 0.3 is 0 Å². The highest BCUT2D eigenvalue weighted by atomic mass is 79.9. The van der Waals surface area contributed by atoms with Crippen molar-refractivity contribution < 1.29 is 0 Å². The molecule has 0 amide bonds. The van der Waals surface area contributed by atoms with Gasteiger partial charge in [-0.1, -0.05) is 12.8 Å². The van der Waals surface area contributed by atoms with Crippen LogP contribution in [0.15, 0.2) is 21.5 Å². The van der Waals surface area contributed by atoms with Crippen molar-refractivity contribution in [2.75, 3.05) is 13.1 Å². The number of halogens is 1. The van der Waals surface area contributed by atoms with Crippen molar-refractivity contribution in [2.24, 2.45) is 5.92 Å². The van der Waals surface area contributed by atoms with Crippen molar-refractivity contribution in [3.63, 3.8) is 0 Å². The fourth-order valence-electron chi connectivity index (χ4n) is 2.63. The van der Waals surface area contributed by atoms with Gasteiger partial charge in [-0.05, 0) is 54.2 Å². The maximum atomic E-state index is 11.9. The van der Waals surface area contributed by atoms with E-state index in [2.05, 4.69) is 21.2 Å². The molecule has 1 fully saturated rings. The number of rotatable bonds is 5. The standard InChI is InChI=1S/C14H21BrN2O/c1-11-8-13(15)10-17(14(11)18)7-6-16-9-12-4-2-3-5-12/h8,10,12,16H,2-7,9H2,1H3. The van der Waals surface area contributed by atoms with Gasteiger partial charge in [0.05, 0.1) is 0 Å². The number of nitrogens with one attached hydrogen (secondary N) is 1. The Morgan fingerprint density at radius 2 is 2.17 bits per heavy atom. The number of aryl methyl sites for hydroxylation is 1. The highest BCUT2D eigenvalue weighted by Gasteiger charge is 2.13. The van der Waals surface area contributed by atoms with Crippen molar-refractivity contribution in [1.29, 1.82) is 0 Å². The fourth-order valence-corrected chi connectivity index (χ4v) is 3.22. The maximum Gasteiger partial charge on any atom is 0.253 e. The van der Waals surface area contributed by atoms with Gasteiger partial charge in [0.1, 0.15) is 0 Å². The van der Waals surface area contributed by atoms with Crippen LogP contribution < -0.4 is 10.9 Å². The van der Waals surface area contributed by atoms with Gasteiger partial charge in [0.2, 0.25) is 0 Å². The number of hydrogen-bond donors (Lipinski definition) is 1. The quantitative estimate of drug-likeness (QED) is 0.848. The lowest BCUT2D eigenvalue weighted by molar-refractivity contribution is 0.473. The minimum Gasteiger partial charge on any atom is -0.315 e. The molecule has 0 radical (unpaired) electrons. The van der Waals surface area contributed by atoms with E-state index in [9.17, 15) is 4.79 Å². The van der Waals surface area contributed by atoms with Crippen molar-refractivity contribution >= 4 is 15.9 Å². The van der Waals surface area contributed by atoms with Crippen LogP contribution in [0.1, 0.15) is 31.2 Å². The van der Waals surface area contributed by atoms with E-state index in [4.69, 9.17) is 0 Å². The molecule has 1 aliphatic carbocycles. The molecule has 4 heteroatoms. The Morgan fingerprint density at radius 3 is 2.89 bits per heavy atom. The van der Waals surface area contributed by atoms with E-state index in [1.54, 1.807) is 4.57 Å². The highest BCUT2D eigenvalue weighted by Crippen LogP contribution is 2.23. The third-order valence-electron chi connectivity index (χ3n) is 3.67. The predicted molar refractivity (Wildman–Crippen MR) is 78.0 cm³/mol. The summed E-state index contributed by atoms with van der Waals surface area (Å²) in [7, 11) is 0. The molecule has 0 bridgehead atoms. The Balaban J connectivity index is 1.81. The van der Waals surface area contributed by atoms with Crippen LogP contribution in [0.25, 0.3) is 0 Å². The van der Waals surface area contributed by atoms with Crippen LogP contribution in [-0.4, -0.2) is 17.7 Å². The second kappa shape index (κ2) is 6.53. The van der Waals surface area contributed by atoms with Gasteiger partial charge in [0.15, 0.2) is 0 Å². The van der Waals surface area contributed by atoms with Crippen LogP contribution in [0.3, 0.4) is 0 Å². The first kappa shape index (κ1) is 13.8. The molecule has 0 aliphatic heterocycles. The molecular weight excluding hydrogens is 292 g/mol. The second-order valence-corrected chi connectivity index (χ2v) is 6.11. The first-order chi connectivity index (χ1) is 8.66. The molecule has 1 saturated carbocycles. The van der Waals surface area contributed by atoms with E-state index in [0.29, 0.717) is 0 Å². The van der Waals surface area contributed by atoms with Crippen LogP contribution in [0.4, 0.5) is 0 Å². The zero-order chi connectivity index (χ0) is 13.0. The molecule has 0 spiro atoms. The Bertz CT molecular complexity index is 450. The molecule has 0 saturated heterocycles. The zero-order valence-electron chi connectivity index (χ0n) is 10.9. The highest BCUT2D eigenvalue weighted by molar-refractivity contribution is 9.10. The summed E-state index contributed by atoms with van der Waals surface area (Å²) in [6, 6.07) is 1.87. The van der Waals surface area contributed by atoms with E-state index < -0.39 is 0 Å². The lowest BCUT2D eigenvalue weighted by Gasteiger charge is -2.12. The van der Waals surface area contributed by atoms with Gasteiger partial charge in [-0.15, -0.1) is 0 Å². The lowest BCUT2D eigenvalue weighted by Crippen LogP contribution is -2.30. The predicted octanol–water partition coefficient (Wildman–Crippen LogP) is 2.70. The average Bonchev–Trinajstić information content (AvgIpc) is 2.83. The summed E-state index contributed by atoms with van der Waals surface area (Å²) in [5.41, 5.74) is 0.904. The van der Waals surface area contributed by atoms with Gasteiger partial charge in [-0.25, -0.2) is 0 Å². The minimum absolute atomic E-state index is 0.112. The fraction of sp³-hybridized carbons (Fsp3) is 0.643. The molecule has 1 aromatic rings. The number of hydrogen-bond acceptors (Lipinski definition) is 2. The third-order valence-corrected chi connectivity index (χ3v) is 4.10. The number of pyridine rings is 1. The molecule has 100 valence electrons. The van der Waals surface area contributed by atoms with Crippen molar-refractivity contribution in [2.45, 2.75) is 39.2 Å². The Morgan fingerprint density at radius 1 is 1.44 bits per heavy atom. The smallest absolute Gasteiger partial charge is 0.253 e. The second-order valence-electron chi connectivity index (χ2n) is 5.19. The van der Waals surface area contributed by atoms with Gasteiger partial charge in [-0.3, -0.25) is 4.79 Å². The van der Waals surface area contributed by atoms with E-state index in [-0.39, 0.29) is 5.56 Å². The topological polar surface area (TPSA) is 34.0 Å². The number of aromatic nitrogens is 1. The van der Waals surface area contributed by atoms with Crippen LogP contribution in [0.2, 0.25) is 0 Å². The molecular formula is C14H21BrN2O. The summed E-state index contributed by atoms with van der Waals surface area (Å²) >= 11 is 3.43. The Hall–Kier alpha value is -0.610. The molecule has 2 rings (SSSR count). The molecule has 0 atom stereocenters. The van der Waals surface area contributed by atoms with Crippen molar-refractivity contribution in [1.82, 2.24) is 9.88 Å². The molecule has 1 heterocycles. The summed E-state index contributed by atoms with van der Waals surface area (Å²) in [6.07, 6.45) is 7.37. The van der Waals surface area contributed by atoms with Gasteiger partial charge in [0.25, 0.3) is 5.56 Å². The van der Waals surface area contributed by atoms with Crippen LogP contribution in [-0.2, 0) is 6.54 Å². The first-order valence-electron chi connectivity index (χ1n) is 6.74. The normalized spacial score (nSPS) is 16.3. The average molecular weight is 313 g/mol.